The van der Waals surface area contributed by atoms with Crippen LogP contribution in [0.5, 0.6) is 0 Å². The van der Waals surface area contributed by atoms with Crippen molar-refractivity contribution in [2.75, 3.05) is 6.67 Å². The fourth-order valence-electron chi connectivity index (χ4n) is 2.71. The van der Waals surface area contributed by atoms with Crippen molar-refractivity contribution < 1.29 is 4.39 Å². The van der Waals surface area contributed by atoms with Crippen LogP contribution in [0.3, 0.4) is 0 Å². The van der Waals surface area contributed by atoms with Crippen LogP contribution in [0.1, 0.15) is 64.2 Å². The Hall–Kier alpha value is -2.85. The van der Waals surface area contributed by atoms with Crippen LogP contribution in [0.15, 0.2) is 91.1 Å². The third kappa shape index (κ3) is 20.8. The van der Waals surface area contributed by atoms with E-state index < -0.39 is 6.67 Å². The predicted octanol–water partition coefficient (Wildman–Crippen LogP) is 9.87. The summed E-state index contributed by atoms with van der Waals surface area (Å²) >= 11 is 0. The van der Waals surface area contributed by atoms with Gasteiger partial charge >= 0.3 is 0 Å². The standard InChI is InChI=1S/C14H21F.C11H16.C5H8.C2H2/c1-5-6-7-8-9-14(10-11-15)13(4)12(2)3;1-4-5-11-7-6-9(2)8-10(11)3;1-3-5-4-2;1-2/h5-6,8-10,13H,2,7,11H2,1,3-4H3;6-8H,4-5H2,1-3H3;3-5H,1H2,2H3;1-2H/b6-5+,9-8-,14-10+;;5-4-;. The minimum atomic E-state index is -0.416. The van der Waals surface area contributed by atoms with Gasteiger partial charge in [0, 0.05) is 5.92 Å². The zero-order chi connectivity index (χ0) is 26.1. The lowest BCUT2D eigenvalue weighted by molar-refractivity contribution is 0.557. The lowest BCUT2D eigenvalue weighted by Gasteiger charge is -2.12. The fourth-order valence-corrected chi connectivity index (χ4v) is 2.71. The minimum absolute atomic E-state index is 0.225. The van der Waals surface area contributed by atoms with E-state index in [0.717, 1.165) is 17.6 Å². The smallest absolute Gasteiger partial charge is 0.108 e. The molecule has 0 bridgehead atoms. The summed E-state index contributed by atoms with van der Waals surface area (Å²) in [7, 11) is 0. The normalized spacial score (nSPS) is 11.6. The van der Waals surface area contributed by atoms with Crippen molar-refractivity contribution in [2.24, 2.45) is 5.92 Å². The molecule has 33 heavy (non-hydrogen) atoms. The molecule has 0 amide bonds. The van der Waals surface area contributed by atoms with E-state index in [1.807, 2.05) is 58.1 Å². The third-order valence-electron chi connectivity index (χ3n) is 4.72. The van der Waals surface area contributed by atoms with Gasteiger partial charge in [-0.05, 0) is 70.2 Å². The van der Waals surface area contributed by atoms with Crippen molar-refractivity contribution in [1.82, 2.24) is 0 Å². The highest BCUT2D eigenvalue weighted by Gasteiger charge is 2.05. The summed E-state index contributed by atoms with van der Waals surface area (Å²) in [4.78, 5) is 0. The molecule has 1 aromatic carbocycles. The van der Waals surface area contributed by atoms with Gasteiger partial charge in [-0.1, -0.05) is 105 Å². The van der Waals surface area contributed by atoms with Crippen LogP contribution >= 0.6 is 0 Å². The molecule has 0 aliphatic carbocycles. The number of benzene rings is 1. The van der Waals surface area contributed by atoms with Crippen LogP contribution in [0.2, 0.25) is 0 Å². The van der Waals surface area contributed by atoms with Gasteiger partial charge in [-0.3, -0.25) is 0 Å². The second-order valence-electron chi connectivity index (χ2n) is 7.57. The molecule has 0 saturated heterocycles. The van der Waals surface area contributed by atoms with Crippen molar-refractivity contribution in [3.8, 4) is 12.8 Å². The summed E-state index contributed by atoms with van der Waals surface area (Å²) in [5.41, 5.74) is 6.37. The Kier molecular flexibility index (Phi) is 26.8. The molecule has 1 aromatic rings. The largest absolute Gasteiger partial charge is 0.247 e. The zero-order valence-corrected chi connectivity index (χ0v) is 22.2. The van der Waals surface area contributed by atoms with Gasteiger partial charge in [-0.25, -0.2) is 4.39 Å². The summed E-state index contributed by atoms with van der Waals surface area (Å²) in [6.07, 6.45) is 26.6. The van der Waals surface area contributed by atoms with Crippen LogP contribution in [0.4, 0.5) is 4.39 Å². The molecule has 0 aliphatic heterocycles. The molecule has 1 heteroatoms. The van der Waals surface area contributed by atoms with Crippen molar-refractivity contribution in [2.45, 2.75) is 67.7 Å². The SMILES string of the molecule is C#C.C=C(C)C(C)C(/C=C\C/C=C/C)=C/CF.C=C/C=C\C.CCCc1ccc(C)cc1C. The van der Waals surface area contributed by atoms with E-state index in [1.165, 1.54) is 29.5 Å². The average Bonchev–Trinajstić information content (AvgIpc) is 2.80. The second kappa shape index (κ2) is 25.4. The Labute approximate surface area is 205 Å². The molecule has 0 N–H and O–H groups in total. The van der Waals surface area contributed by atoms with E-state index in [9.17, 15) is 4.39 Å². The van der Waals surface area contributed by atoms with Crippen molar-refractivity contribution >= 4 is 0 Å². The van der Waals surface area contributed by atoms with Gasteiger partial charge < -0.3 is 0 Å². The summed E-state index contributed by atoms with van der Waals surface area (Å²) in [5.74, 6) is 0.225. The maximum atomic E-state index is 12.3. The minimum Gasteiger partial charge on any atom is -0.247 e. The highest BCUT2D eigenvalue weighted by atomic mass is 19.1. The molecule has 0 fully saturated rings. The number of aryl methyl sites for hydroxylation is 3. The Morgan fingerprint density at radius 2 is 1.76 bits per heavy atom. The van der Waals surface area contributed by atoms with Gasteiger partial charge in [-0.2, -0.15) is 0 Å². The van der Waals surface area contributed by atoms with Gasteiger partial charge in [0.15, 0.2) is 0 Å². The first kappa shape index (κ1) is 34.8. The second-order valence-corrected chi connectivity index (χ2v) is 7.57. The molecule has 0 aliphatic rings. The number of hydrogen-bond donors (Lipinski definition) is 0. The summed E-state index contributed by atoms with van der Waals surface area (Å²) < 4.78 is 12.3. The number of terminal acetylenes is 1. The van der Waals surface area contributed by atoms with E-state index in [-0.39, 0.29) is 5.92 Å². The molecular weight excluding hydrogens is 403 g/mol. The van der Waals surface area contributed by atoms with Crippen LogP contribution in [0, 0.1) is 32.6 Å². The first-order valence-electron chi connectivity index (χ1n) is 11.6. The zero-order valence-electron chi connectivity index (χ0n) is 22.2. The molecule has 182 valence electrons. The molecule has 0 spiro atoms. The number of allylic oxidation sites excluding steroid dienone is 10. The highest BCUT2D eigenvalue weighted by Crippen LogP contribution is 2.19. The number of hydrogen-bond acceptors (Lipinski definition) is 0. The first-order chi connectivity index (χ1) is 15.8. The van der Waals surface area contributed by atoms with Gasteiger partial charge in [0.1, 0.15) is 6.67 Å². The maximum absolute atomic E-state index is 12.3. The molecule has 0 nitrogen and oxygen atoms in total. The van der Waals surface area contributed by atoms with E-state index in [2.05, 4.69) is 71.1 Å². The molecule has 1 atom stereocenters. The van der Waals surface area contributed by atoms with E-state index in [4.69, 9.17) is 0 Å². The average molecular weight is 451 g/mol. The molecule has 0 saturated carbocycles. The number of halogens is 1. The summed E-state index contributed by atoms with van der Waals surface area (Å²) in [6, 6.07) is 6.69. The van der Waals surface area contributed by atoms with Crippen molar-refractivity contribution in [3.05, 3.63) is 108 Å². The van der Waals surface area contributed by atoms with Crippen molar-refractivity contribution in [3.63, 3.8) is 0 Å². The van der Waals surface area contributed by atoms with Crippen molar-refractivity contribution in [1.29, 1.82) is 0 Å². The molecule has 0 aromatic heterocycles. The lowest BCUT2D eigenvalue weighted by atomic mass is 9.94. The Balaban J connectivity index is -0.000000436. The topological polar surface area (TPSA) is 0 Å². The maximum Gasteiger partial charge on any atom is 0.108 e. The first-order valence-corrected chi connectivity index (χ1v) is 11.6. The third-order valence-corrected chi connectivity index (χ3v) is 4.72. The summed E-state index contributed by atoms with van der Waals surface area (Å²) in [5, 5.41) is 0. The van der Waals surface area contributed by atoms with Gasteiger partial charge in [-0.15, -0.1) is 12.8 Å². The van der Waals surface area contributed by atoms with Gasteiger partial charge in [0.2, 0.25) is 0 Å². The van der Waals surface area contributed by atoms with E-state index >= 15 is 0 Å². The van der Waals surface area contributed by atoms with Crippen LogP contribution in [-0.2, 0) is 6.42 Å². The quantitative estimate of drug-likeness (QED) is 0.199. The fraction of sp³-hybridized carbons (Fsp3) is 0.375. The summed E-state index contributed by atoms with van der Waals surface area (Å²) in [6.45, 7) is 21.5. The Morgan fingerprint density at radius 1 is 1.12 bits per heavy atom. The number of alkyl halides is 1. The van der Waals surface area contributed by atoms with Crippen LogP contribution < -0.4 is 0 Å². The van der Waals surface area contributed by atoms with E-state index in [1.54, 1.807) is 12.2 Å². The monoisotopic (exact) mass is 450 g/mol. The lowest BCUT2D eigenvalue weighted by Crippen LogP contribution is -1.98. The molecule has 1 rings (SSSR count). The molecule has 0 heterocycles. The highest BCUT2D eigenvalue weighted by molar-refractivity contribution is 5.30. The van der Waals surface area contributed by atoms with Crippen LogP contribution in [0.25, 0.3) is 0 Å². The van der Waals surface area contributed by atoms with Gasteiger partial charge in [0.05, 0.1) is 0 Å². The van der Waals surface area contributed by atoms with Crippen LogP contribution in [-0.4, -0.2) is 6.67 Å². The van der Waals surface area contributed by atoms with E-state index in [0.29, 0.717) is 0 Å². The van der Waals surface area contributed by atoms with Gasteiger partial charge in [0.25, 0.3) is 0 Å². The molecular formula is C32H47F. The predicted molar refractivity (Wildman–Crippen MR) is 151 cm³/mol. The Bertz CT molecular complexity index is 769. The molecule has 1 unspecified atom stereocenters. The number of rotatable bonds is 9. The molecule has 0 radical (unpaired) electrons. The Morgan fingerprint density at radius 3 is 2.15 bits per heavy atom.